The van der Waals surface area contributed by atoms with Crippen molar-refractivity contribution < 1.29 is 19.1 Å². The van der Waals surface area contributed by atoms with Crippen LogP contribution >= 0.6 is 0 Å². The van der Waals surface area contributed by atoms with Gasteiger partial charge >= 0.3 is 0 Å². The molecule has 0 radical (unpaired) electrons. The fourth-order valence-corrected chi connectivity index (χ4v) is 2.76. The summed E-state index contributed by atoms with van der Waals surface area (Å²) < 4.78 is 5.23. The van der Waals surface area contributed by atoms with Crippen LogP contribution in [0.1, 0.15) is 19.8 Å². The number of carbonyl (C=O) groups excluding carboxylic acids is 3. The zero-order valence-corrected chi connectivity index (χ0v) is 15.2. The minimum absolute atomic E-state index is 0.170. The molecular weight excluding hydrogens is 346 g/mol. The highest BCUT2D eigenvalue weighted by atomic mass is 16.5. The molecule has 0 unspecified atom stereocenters. The zero-order valence-electron chi connectivity index (χ0n) is 15.2. The number of hydrogen-bond donors (Lipinski definition) is 3. The summed E-state index contributed by atoms with van der Waals surface area (Å²) in [5.74, 6) is -0.325. The molecule has 0 atom stereocenters. The Bertz CT molecular complexity index is 873. The smallest absolute Gasteiger partial charge is 0.240 e. The first-order valence-corrected chi connectivity index (χ1v) is 8.58. The highest BCUT2D eigenvalue weighted by Crippen LogP contribution is 2.48. The van der Waals surface area contributed by atoms with Crippen LogP contribution in [0.15, 0.2) is 48.5 Å². The van der Waals surface area contributed by atoms with E-state index in [1.807, 2.05) is 0 Å². The Kier molecular flexibility index (Phi) is 5.12. The highest BCUT2D eigenvalue weighted by molar-refractivity contribution is 6.17. The Hall–Kier alpha value is -3.35. The third kappa shape index (κ3) is 4.08. The van der Waals surface area contributed by atoms with E-state index in [0.29, 0.717) is 35.7 Å². The van der Waals surface area contributed by atoms with E-state index in [0.717, 1.165) is 0 Å². The van der Waals surface area contributed by atoms with Crippen LogP contribution < -0.4 is 20.7 Å². The molecule has 0 spiro atoms. The standard InChI is InChI=1S/C20H21N3O4/c1-13(24)21-14-7-9-15(10-8-14)22-18(25)20(11-12-20)19(26)23-16-5-3-4-6-17(16)27-2/h3-10H,11-12H2,1-2H3,(H,21,24)(H,22,25)(H,23,26). The fraction of sp³-hybridized carbons (Fsp3) is 0.250. The Morgan fingerprint density at radius 2 is 1.41 bits per heavy atom. The number of carbonyl (C=O) groups is 3. The topological polar surface area (TPSA) is 96.5 Å². The maximum atomic E-state index is 12.7. The van der Waals surface area contributed by atoms with Gasteiger partial charge in [-0.2, -0.15) is 0 Å². The van der Waals surface area contributed by atoms with Crippen molar-refractivity contribution >= 4 is 34.8 Å². The summed E-state index contributed by atoms with van der Waals surface area (Å²) in [6.45, 7) is 1.42. The minimum atomic E-state index is -1.07. The third-order valence-corrected chi connectivity index (χ3v) is 4.44. The predicted molar refractivity (Wildman–Crippen MR) is 103 cm³/mol. The third-order valence-electron chi connectivity index (χ3n) is 4.44. The van der Waals surface area contributed by atoms with Crippen molar-refractivity contribution in [1.29, 1.82) is 0 Å². The summed E-state index contributed by atoms with van der Waals surface area (Å²) in [6, 6.07) is 13.8. The summed E-state index contributed by atoms with van der Waals surface area (Å²) in [5.41, 5.74) is 0.654. The molecule has 7 heteroatoms. The molecular formula is C20H21N3O4. The van der Waals surface area contributed by atoms with Gasteiger partial charge in [0.05, 0.1) is 12.8 Å². The van der Waals surface area contributed by atoms with Crippen LogP contribution in [0.2, 0.25) is 0 Å². The first-order valence-electron chi connectivity index (χ1n) is 8.58. The van der Waals surface area contributed by atoms with E-state index in [2.05, 4.69) is 16.0 Å². The maximum absolute atomic E-state index is 12.7. The van der Waals surface area contributed by atoms with E-state index >= 15 is 0 Å². The van der Waals surface area contributed by atoms with E-state index in [9.17, 15) is 14.4 Å². The monoisotopic (exact) mass is 367 g/mol. The van der Waals surface area contributed by atoms with Crippen LogP contribution in [0.5, 0.6) is 5.75 Å². The lowest BCUT2D eigenvalue weighted by molar-refractivity contribution is -0.131. The van der Waals surface area contributed by atoms with Gasteiger partial charge in [-0.05, 0) is 49.2 Å². The fourth-order valence-electron chi connectivity index (χ4n) is 2.76. The molecule has 140 valence electrons. The molecule has 2 aromatic rings. The van der Waals surface area contributed by atoms with Gasteiger partial charge in [-0.1, -0.05) is 12.1 Å². The van der Waals surface area contributed by atoms with Crippen LogP contribution in [-0.4, -0.2) is 24.8 Å². The molecule has 1 aliphatic carbocycles. The van der Waals surface area contributed by atoms with Gasteiger partial charge in [0.2, 0.25) is 17.7 Å². The molecule has 1 aliphatic rings. The second kappa shape index (κ2) is 7.49. The van der Waals surface area contributed by atoms with E-state index in [1.165, 1.54) is 14.0 Å². The molecule has 0 aromatic heterocycles. The molecule has 3 rings (SSSR count). The van der Waals surface area contributed by atoms with Crippen molar-refractivity contribution in [1.82, 2.24) is 0 Å². The van der Waals surface area contributed by atoms with Crippen molar-refractivity contribution in [2.75, 3.05) is 23.1 Å². The van der Waals surface area contributed by atoms with Gasteiger partial charge in [0.25, 0.3) is 0 Å². The molecule has 7 nitrogen and oxygen atoms in total. The molecule has 1 saturated carbocycles. The number of nitrogens with one attached hydrogen (secondary N) is 3. The Balaban J connectivity index is 1.67. The van der Waals surface area contributed by atoms with Gasteiger partial charge in [-0.3, -0.25) is 14.4 Å². The van der Waals surface area contributed by atoms with Gasteiger partial charge in [0, 0.05) is 18.3 Å². The van der Waals surface area contributed by atoms with Gasteiger partial charge in [0.1, 0.15) is 11.2 Å². The summed E-state index contributed by atoms with van der Waals surface area (Å²) >= 11 is 0. The molecule has 3 amide bonds. The lowest BCUT2D eigenvalue weighted by Crippen LogP contribution is -2.35. The van der Waals surface area contributed by atoms with Gasteiger partial charge in [-0.15, -0.1) is 0 Å². The van der Waals surface area contributed by atoms with Crippen LogP contribution in [-0.2, 0) is 14.4 Å². The van der Waals surface area contributed by atoms with Crippen molar-refractivity contribution in [2.24, 2.45) is 5.41 Å². The number of hydrogen-bond acceptors (Lipinski definition) is 4. The predicted octanol–water partition coefficient (Wildman–Crippen LogP) is 3.01. The van der Waals surface area contributed by atoms with E-state index in [1.54, 1.807) is 48.5 Å². The Labute approximate surface area is 157 Å². The number of ether oxygens (including phenoxy) is 1. The second-order valence-corrected chi connectivity index (χ2v) is 6.45. The quantitative estimate of drug-likeness (QED) is 0.684. The number of methoxy groups -OCH3 is 1. The van der Waals surface area contributed by atoms with E-state index in [4.69, 9.17) is 4.74 Å². The number of para-hydroxylation sites is 2. The zero-order chi connectivity index (χ0) is 19.4. The van der Waals surface area contributed by atoms with E-state index < -0.39 is 5.41 Å². The Morgan fingerprint density at radius 3 is 1.96 bits per heavy atom. The molecule has 0 aliphatic heterocycles. The second-order valence-electron chi connectivity index (χ2n) is 6.45. The van der Waals surface area contributed by atoms with Crippen molar-refractivity contribution in [2.45, 2.75) is 19.8 Å². The average molecular weight is 367 g/mol. The normalized spacial score (nSPS) is 14.0. The molecule has 0 heterocycles. The summed E-state index contributed by atoms with van der Waals surface area (Å²) in [4.78, 5) is 36.4. The average Bonchev–Trinajstić information content (AvgIpc) is 3.45. The summed E-state index contributed by atoms with van der Waals surface area (Å²) in [6.07, 6.45) is 0.980. The number of benzene rings is 2. The van der Waals surface area contributed by atoms with Crippen molar-refractivity contribution in [3.8, 4) is 5.75 Å². The van der Waals surface area contributed by atoms with Gasteiger partial charge in [0.15, 0.2) is 0 Å². The first-order chi connectivity index (χ1) is 12.9. The van der Waals surface area contributed by atoms with Crippen LogP contribution in [0.25, 0.3) is 0 Å². The first kappa shape index (κ1) is 18.4. The number of rotatable bonds is 6. The van der Waals surface area contributed by atoms with Crippen molar-refractivity contribution in [3.05, 3.63) is 48.5 Å². The summed E-state index contributed by atoms with van der Waals surface area (Å²) in [5, 5.41) is 8.22. The van der Waals surface area contributed by atoms with Gasteiger partial charge < -0.3 is 20.7 Å². The minimum Gasteiger partial charge on any atom is -0.495 e. The van der Waals surface area contributed by atoms with Gasteiger partial charge in [-0.25, -0.2) is 0 Å². The lowest BCUT2D eigenvalue weighted by Gasteiger charge is -2.17. The largest absolute Gasteiger partial charge is 0.495 e. The molecule has 27 heavy (non-hydrogen) atoms. The maximum Gasteiger partial charge on any atom is 0.240 e. The lowest BCUT2D eigenvalue weighted by atomic mass is 10.0. The van der Waals surface area contributed by atoms with Crippen LogP contribution in [0, 0.1) is 5.41 Å². The van der Waals surface area contributed by atoms with Crippen molar-refractivity contribution in [3.63, 3.8) is 0 Å². The van der Waals surface area contributed by atoms with E-state index in [-0.39, 0.29) is 17.7 Å². The van der Waals surface area contributed by atoms with Crippen LogP contribution in [0.4, 0.5) is 17.1 Å². The molecule has 0 bridgehead atoms. The Morgan fingerprint density at radius 1 is 0.852 bits per heavy atom. The molecule has 3 N–H and O–H groups in total. The highest BCUT2D eigenvalue weighted by Gasteiger charge is 2.56. The summed E-state index contributed by atoms with van der Waals surface area (Å²) in [7, 11) is 1.52. The molecule has 1 fully saturated rings. The number of amides is 3. The molecule has 0 saturated heterocycles. The number of anilines is 3. The van der Waals surface area contributed by atoms with Crippen LogP contribution in [0.3, 0.4) is 0 Å². The SMILES string of the molecule is COc1ccccc1NC(=O)C1(C(=O)Nc2ccc(NC(C)=O)cc2)CC1. The molecule has 2 aromatic carbocycles.